The molecule has 0 saturated carbocycles. The van der Waals surface area contributed by atoms with E-state index in [-0.39, 0.29) is 6.04 Å². The van der Waals surface area contributed by atoms with E-state index >= 15 is 0 Å². The Labute approximate surface area is 170 Å². The largest absolute Gasteiger partial charge is 0.493 e. The molecule has 1 saturated heterocycles. The molecule has 1 fully saturated rings. The summed E-state index contributed by atoms with van der Waals surface area (Å²) in [7, 11) is 3.22. The Morgan fingerprint density at radius 2 is 1.66 bits per heavy atom. The highest BCUT2D eigenvalue weighted by molar-refractivity contribution is 5.83. The summed E-state index contributed by atoms with van der Waals surface area (Å²) in [5, 5.41) is 12.1. The molecule has 3 aromatic carbocycles. The minimum absolute atomic E-state index is 0.178. The van der Waals surface area contributed by atoms with Gasteiger partial charge in [-0.15, -0.1) is 0 Å². The Morgan fingerprint density at radius 1 is 0.966 bits per heavy atom. The second kappa shape index (κ2) is 8.13. The van der Waals surface area contributed by atoms with Crippen molar-refractivity contribution in [2.24, 2.45) is 0 Å². The lowest BCUT2D eigenvalue weighted by Crippen LogP contribution is -2.39. The van der Waals surface area contributed by atoms with Crippen molar-refractivity contribution in [1.82, 2.24) is 4.90 Å². The number of fused-ring (bicyclic) bond motifs is 1. The summed E-state index contributed by atoms with van der Waals surface area (Å²) in [4.78, 5) is 14.0. The number of benzene rings is 3. The number of carboxylic acids is 1. The molecule has 4 rings (SSSR count). The predicted molar refractivity (Wildman–Crippen MR) is 113 cm³/mol. The van der Waals surface area contributed by atoms with E-state index in [1.165, 1.54) is 5.39 Å². The Kier molecular flexibility index (Phi) is 5.41. The molecule has 1 aliphatic heterocycles. The molecule has 29 heavy (non-hydrogen) atoms. The van der Waals surface area contributed by atoms with E-state index in [4.69, 9.17) is 9.47 Å². The minimum Gasteiger partial charge on any atom is -0.493 e. The first-order valence-corrected chi connectivity index (χ1v) is 9.81. The van der Waals surface area contributed by atoms with Gasteiger partial charge in [0.2, 0.25) is 0 Å². The van der Waals surface area contributed by atoms with Gasteiger partial charge in [0.1, 0.15) is 6.04 Å². The quantitative estimate of drug-likeness (QED) is 0.671. The van der Waals surface area contributed by atoms with Gasteiger partial charge in [0, 0.05) is 6.54 Å². The van der Waals surface area contributed by atoms with Gasteiger partial charge in [-0.25, -0.2) is 0 Å². The van der Waals surface area contributed by atoms with Crippen molar-refractivity contribution in [1.29, 1.82) is 0 Å². The fraction of sp³-hybridized carbons (Fsp3) is 0.292. The van der Waals surface area contributed by atoms with Gasteiger partial charge in [-0.2, -0.15) is 0 Å². The van der Waals surface area contributed by atoms with Crippen molar-refractivity contribution in [3.63, 3.8) is 0 Å². The highest BCUT2D eigenvalue weighted by atomic mass is 16.5. The summed E-state index contributed by atoms with van der Waals surface area (Å²) in [5.41, 5.74) is 2.06. The lowest BCUT2D eigenvalue weighted by atomic mass is 9.94. The summed E-state index contributed by atoms with van der Waals surface area (Å²) >= 11 is 0. The lowest BCUT2D eigenvalue weighted by Gasteiger charge is -2.32. The van der Waals surface area contributed by atoms with Crippen LogP contribution in [0.4, 0.5) is 0 Å². The number of likely N-dealkylation sites (tertiary alicyclic amines) is 1. The first kappa shape index (κ1) is 19.3. The van der Waals surface area contributed by atoms with Crippen LogP contribution in [0.3, 0.4) is 0 Å². The molecule has 1 heterocycles. The number of methoxy groups -OCH3 is 2. The maximum Gasteiger partial charge on any atom is 0.320 e. The number of carbonyl (C=O) groups is 1. The van der Waals surface area contributed by atoms with Crippen LogP contribution >= 0.6 is 0 Å². The van der Waals surface area contributed by atoms with Crippen molar-refractivity contribution >= 4 is 16.7 Å². The van der Waals surface area contributed by atoms with Crippen LogP contribution in [-0.4, -0.2) is 42.8 Å². The summed E-state index contributed by atoms with van der Waals surface area (Å²) in [6.07, 6.45) is 1.53. The molecule has 0 aromatic heterocycles. The summed E-state index contributed by atoms with van der Waals surface area (Å²) in [6.45, 7) is 0.739. The molecular weight excluding hydrogens is 366 g/mol. The number of ether oxygens (including phenoxy) is 2. The van der Waals surface area contributed by atoms with Gasteiger partial charge in [0.25, 0.3) is 0 Å². The Morgan fingerprint density at radius 3 is 2.38 bits per heavy atom. The second-order valence-corrected chi connectivity index (χ2v) is 7.36. The average Bonchev–Trinajstić information content (AvgIpc) is 3.23. The highest BCUT2D eigenvalue weighted by Gasteiger charge is 2.37. The molecule has 5 heteroatoms. The van der Waals surface area contributed by atoms with Gasteiger partial charge < -0.3 is 14.6 Å². The maximum atomic E-state index is 11.9. The number of carboxylic acid groups (broad SMARTS) is 1. The molecule has 0 radical (unpaired) electrons. The molecule has 150 valence electrons. The van der Waals surface area contributed by atoms with Crippen LogP contribution in [0.2, 0.25) is 0 Å². The Balaban J connectivity index is 1.86. The van der Waals surface area contributed by atoms with Gasteiger partial charge in [-0.05, 0) is 52.9 Å². The summed E-state index contributed by atoms with van der Waals surface area (Å²) in [5.74, 6) is 0.528. The van der Waals surface area contributed by atoms with Crippen molar-refractivity contribution in [2.75, 3.05) is 20.8 Å². The molecule has 0 spiro atoms. The lowest BCUT2D eigenvalue weighted by molar-refractivity contribution is -0.142. The molecular formula is C24H25NO4. The van der Waals surface area contributed by atoms with E-state index < -0.39 is 12.0 Å². The molecule has 2 atom stereocenters. The van der Waals surface area contributed by atoms with Crippen LogP contribution in [0.5, 0.6) is 11.5 Å². The number of rotatable bonds is 6. The number of hydrogen-bond donors (Lipinski definition) is 1. The molecule has 1 aliphatic rings. The average molecular weight is 391 g/mol. The molecule has 5 nitrogen and oxygen atoms in total. The van der Waals surface area contributed by atoms with Crippen LogP contribution < -0.4 is 9.47 Å². The van der Waals surface area contributed by atoms with Crippen molar-refractivity contribution < 1.29 is 19.4 Å². The maximum absolute atomic E-state index is 11.9. The van der Waals surface area contributed by atoms with Crippen LogP contribution in [0.1, 0.15) is 30.0 Å². The first-order chi connectivity index (χ1) is 14.1. The zero-order valence-electron chi connectivity index (χ0n) is 16.7. The van der Waals surface area contributed by atoms with E-state index in [0.717, 1.165) is 29.5 Å². The van der Waals surface area contributed by atoms with E-state index in [0.29, 0.717) is 17.9 Å². The Bertz CT molecular complexity index is 1030. The monoisotopic (exact) mass is 391 g/mol. The fourth-order valence-electron chi connectivity index (χ4n) is 4.34. The van der Waals surface area contributed by atoms with Crippen LogP contribution in [0, 0.1) is 0 Å². The second-order valence-electron chi connectivity index (χ2n) is 7.36. The zero-order valence-corrected chi connectivity index (χ0v) is 16.7. The van der Waals surface area contributed by atoms with Crippen LogP contribution in [0.25, 0.3) is 10.8 Å². The third-order valence-electron chi connectivity index (χ3n) is 5.72. The van der Waals surface area contributed by atoms with E-state index in [9.17, 15) is 9.90 Å². The third-order valence-corrected chi connectivity index (χ3v) is 5.72. The minimum atomic E-state index is -0.770. The highest BCUT2D eigenvalue weighted by Crippen LogP contribution is 2.39. The Hall–Kier alpha value is -3.05. The van der Waals surface area contributed by atoms with Crippen molar-refractivity contribution in [3.05, 3.63) is 71.8 Å². The molecule has 2 unspecified atom stereocenters. The zero-order chi connectivity index (χ0) is 20.4. The summed E-state index contributed by atoms with van der Waals surface area (Å²) < 4.78 is 10.9. The smallest absolute Gasteiger partial charge is 0.320 e. The van der Waals surface area contributed by atoms with Crippen molar-refractivity contribution in [3.8, 4) is 11.5 Å². The molecule has 3 aromatic rings. The number of nitrogens with zero attached hydrogens (tertiary/aromatic N) is 1. The van der Waals surface area contributed by atoms with Crippen LogP contribution in [0.15, 0.2) is 60.7 Å². The normalized spacial score (nSPS) is 17.9. The van der Waals surface area contributed by atoms with Gasteiger partial charge >= 0.3 is 5.97 Å². The van der Waals surface area contributed by atoms with Gasteiger partial charge in [0.05, 0.1) is 20.3 Å². The molecule has 0 aliphatic carbocycles. The van der Waals surface area contributed by atoms with E-state index in [1.807, 2.05) is 30.3 Å². The first-order valence-electron chi connectivity index (χ1n) is 9.81. The number of hydrogen-bond acceptors (Lipinski definition) is 4. The SMILES string of the molecule is COc1ccc(C(c2ccc3ccccc3c2)N2CCCC2C(=O)O)cc1OC. The molecule has 0 amide bonds. The summed E-state index contributed by atoms with van der Waals surface area (Å²) in [6, 6.07) is 19.7. The third kappa shape index (κ3) is 3.66. The standard InChI is InChI=1S/C24H25NO4/c1-28-21-12-11-19(15-22(21)29-2)23(25-13-5-8-20(25)24(26)27)18-10-9-16-6-3-4-7-17(16)14-18/h3-4,6-7,9-12,14-15,20,23H,5,8,13H2,1-2H3,(H,26,27). The fourth-order valence-corrected chi connectivity index (χ4v) is 4.34. The molecule has 1 N–H and O–H groups in total. The topological polar surface area (TPSA) is 59.0 Å². The van der Waals surface area contributed by atoms with Crippen LogP contribution in [-0.2, 0) is 4.79 Å². The van der Waals surface area contributed by atoms with E-state index in [1.54, 1.807) is 14.2 Å². The van der Waals surface area contributed by atoms with Gasteiger partial charge in [0.15, 0.2) is 11.5 Å². The predicted octanol–water partition coefficient (Wildman–Crippen LogP) is 4.50. The van der Waals surface area contributed by atoms with Gasteiger partial charge in [-0.1, -0.05) is 42.5 Å². The van der Waals surface area contributed by atoms with Crippen molar-refractivity contribution in [2.45, 2.75) is 24.9 Å². The van der Waals surface area contributed by atoms with Gasteiger partial charge in [-0.3, -0.25) is 9.69 Å². The van der Waals surface area contributed by atoms with E-state index in [2.05, 4.69) is 35.2 Å². The molecule has 0 bridgehead atoms. The number of aliphatic carboxylic acids is 1.